The molecular weight excluding hydrogens is 500 g/mol. The minimum Gasteiger partial charge on any atom is -0.360 e. The molecular formula is C32H26N6O2. The Kier molecular flexibility index (Phi) is 6.41. The SMILES string of the molecule is CC1=NN(c2ccccc2)C(=O)/C1=C\Nc1cccc2c(N/C=C3/C(=O)N(c4ccccc4)N=C3C)cccc12. The molecule has 0 spiro atoms. The zero-order chi connectivity index (χ0) is 27.6. The molecule has 196 valence electrons. The van der Waals surface area contributed by atoms with Crippen molar-refractivity contribution < 1.29 is 9.59 Å². The molecule has 0 aliphatic carbocycles. The molecule has 0 bridgehead atoms. The lowest BCUT2D eigenvalue weighted by Crippen LogP contribution is -2.21. The Balaban J connectivity index is 1.24. The van der Waals surface area contributed by atoms with E-state index >= 15 is 0 Å². The van der Waals surface area contributed by atoms with Gasteiger partial charge in [-0.2, -0.15) is 20.2 Å². The van der Waals surface area contributed by atoms with Crippen LogP contribution in [0, 0.1) is 0 Å². The fraction of sp³-hybridized carbons (Fsp3) is 0.0625. The maximum Gasteiger partial charge on any atom is 0.282 e. The Hall–Kier alpha value is -5.50. The zero-order valence-corrected chi connectivity index (χ0v) is 22.0. The van der Waals surface area contributed by atoms with E-state index in [1.165, 1.54) is 10.0 Å². The van der Waals surface area contributed by atoms with Crippen molar-refractivity contribution in [3.05, 3.63) is 121 Å². The lowest BCUT2D eigenvalue weighted by atomic mass is 10.1. The number of fused-ring (bicyclic) bond motifs is 1. The first kappa shape index (κ1) is 24.8. The molecule has 2 heterocycles. The predicted molar refractivity (Wildman–Crippen MR) is 161 cm³/mol. The standard InChI is InChI=1S/C32H26N6O2/c1-21-27(31(39)37(35-21)23-11-5-3-6-12-23)19-33-29-17-9-16-26-25(29)15-10-18-30(26)34-20-28-22(2)36-38(32(28)40)24-13-7-4-8-14-24/h3-20,33-34H,1-2H3/b27-19-,28-20+. The molecule has 0 radical (unpaired) electrons. The zero-order valence-electron chi connectivity index (χ0n) is 22.0. The third-order valence-electron chi connectivity index (χ3n) is 6.79. The van der Waals surface area contributed by atoms with Gasteiger partial charge < -0.3 is 10.6 Å². The summed E-state index contributed by atoms with van der Waals surface area (Å²) in [5, 5.41) is 20.2. The first-order chi connectivity index (χ1) is 19.5. The maximum absolute atomic E-state index is 13.1. The van der Waals surface area contributed by atoms with Crippen LogP contribution in [0.1, 0.15) is 13.8 Å². The smallest absolute Gasteiger partial charge is 0.282 e. The summed E-state index contributed by atoms with van der Waals surface area (Å²) in [4.78, 5) is 26.2. The third kappa shape index (κ3) is 4.52. The number of carbonyl (C=O) groups excluding carboxylic acids is 2. The first-order valence-electron chi connectivity index (χ1n) is 12.9. The molecule has 2 aliphatic heterocycles. The van der Waals surface area contributed by atoms with Crippen molar-refractivity contribution in [1.82, 2.24) is 0 Å². The number of nitrogens with zero attached hydrogens (tertiary/aromatic N) is 4. The van der Waals surface area contributed by atoms with E-state index in [9.17, 15) is 9.59 Å². The summed E-state index contributed by atoms with van der Waals surface area (Å²) in [5.41, 5.74) is 5.39. The number of nitrogens with one attached hydrogen (secondary N) is 2. The number of hydrazone groups is 2. The van der Waals surface area contributed by atoms with Gasteiger partial charge in [0.05, 0.1) is 33.9 Å². The fourth-order valence-electron chi connectivity index (χ4n) is 4.72. The number of amides is 2. The Labute approximate surface area is 231 Å². The summed E-state index contributed by atoms with van der Waals surface area (Å²) in [6.45, 7) is 3.64. The molecule has 8 nitrogen and oxygen atoms in total. The Morgan fingerprint density at radius 1 is 0.550 bits per heavy atom. The van der Waals surface area contributed by atoms with Crippen LogP contribution in [0.5, 0.6) is 0 Å². The van der Waals surface area contributed by atoms with Crippen molar-refractivity contribution in [2.24, 2.45) is 10.2 Å². The minimum atomic E-state index is -0.187. The van der Waals surface area contributed by atoms with Crippen molar-refractivity contribution in [3.8, 4) is 0 Å². The number of rotatable bonds is 6. The largest absolute Gasteiger partial charge is 0.360 e. The summed E-state index contributed by atoms with van der Waals surface area (Å²) in [7, 11) is 0. The summed E-state index contributed by atoms with van der Waals surface area (Å²) in [6, 6.07) is 30.5. The maximum atomic E-state index is 13.1. The van der Waals surface area contributed by atoms with Gasteiger partial charge in [-0.15, -0.1) is 0 Å². The van der Waals surface area contributed by atoms with E-state index in [1.54, 1.807) is 12.4 Å². The van der Waals surface area contributed by atoms with E-state index in [-0.39, 0.29) is 11.8 Å². The van der Waals surface area contributed by atoms with Crippen LogP contribution in [0.25, 0.3) is 10.8 Å². The highest BCUT2D eigenvalue weighted by atomic mass is 16.2. The molecule has 0 atom stereocenters. The van der Waals surface area contributed by atoms with Crippen molar-refractivity contribution in [3.63, 3.8) is 0 Å². The molecule has 6 rings (SSSR count). The lowest BCUT2D eigenvalue weighted by molar-refractivity contribution is -0.115. The normalized spacial score (nSPS) is 17.1. The summed E-state index contributed by atoms with van der Waals surface area (Å²) < 4.78 is 0. The molecule has 2 N–H and O–H groups in total. The van der Waals surface area contributed by atoms with Crippen LogP contribution in [0.15, 0.2) is 131 Å². The van der Waals surface area contributed by atoms with E-state index < -0.39 is 0 Å². The Morgan fingerprint density at radius 2 is 0.950 bits per heavy atom. The molecule has 8 heteroatoms. The number of carbonyl (C=O) groups is 2. The molecule has 2 aliphatic rings. The number of para-hydroxylation sites is 2. The van der Waals surface area contributed by atoms with Crippen molar-refractivity contribution in [2.75, 3.05) is 20.7 Å². The van der Waals surface area contributed by atoms with Gasteiger partial charge in [0.2, 0.25) is 0 Å². The van der Waals surface area contributed by atoms with Gasteiger partial charge in [0, 0.05) is 34.5 Å². The molecule has 0 unspecified atom stereocenters. The first-order valence-corrected chi connectivity index (χ1v) is 12.9. The van der Waals surface area contributed by atoms with Crippen molar-refractivity contribution in [2.45, 2.75) is 13.8 Å². The van der Waals surface area contributed by atoms with Crippen molar-refractivity contribution in [1.29, 1.82) is 0 Å². The van der Waals surface area contributed by atoms with Gasteiger partial charge in [0.15, 0.2) is 0 Å². The number of hydrogen-bond donors (Lipinski definition) is 2. The summed E-state index contributed by atoms with van der Waals surface area (Å²) >= 11 is 0. The van der Waals surface area contributed by atoms with Gasteiger partial charge in [0.1, 0.15) is 0 Å². The number of benzene rings is 4. The van der Waals surface area contributed by atoms with Gasteiger partial charge in [-0.05, 0) is 50.2 Å². The van der Waals surface area contributed by atoms with E-state index in [0.717, 1.165) is 33.5 Å². The van der Waals surface area contributed by atoms with Crippen LogP contribution in [0.2, 0.25) is 0 Å². The lowest BCUT2D eigenvalue weighted by Gasteiger charge is -2.13. The molecule has 2 amide bonds. The van der Waals surface area contributed by atoms with Crippen LogP contribution in [-0.4, -0.2) is 23.2 Å². The summed E-state index contributed by atoms with van der Waals surface area (Å²) in [5.74, 6) is -0.374. The van der Waals surface area contributed by atoms with Crippen LogP contribution < -0.4 is 20.7 Å². The van der Waals surface area contributed by atoms with Gasteiger partial charge in [-0.3, -0.25) is 9.59 Å². The van der Waals surface area contributed by atoms with Crippen LogP contribution in [0.3, 0.4) is 0 Å². The molecule has 4 aromatic carbocycles. The average Bonchev–Trinajstić information content (AvgIpc) is 3.44. The number of anilines is 4. The molecule has 40 heavy (non-hydrogen) atoms. The minimum absolute atomic E-state index is 0.187. The van der Waals surface area contributed by atoms with Gasteiger partial charge in [-0.1, -0.05) is 60.7 Å². The molecule has 0 fully saturated rings. The molecule has 0 saturated heterocycles. The van der Waals surface area contributed by atoms with E-state index in [2.05, 4.69) is 20.8 Å². The van der Waals surface area contributed by atoms with E-state index in [4.69, 9.17) is 0 Å². The number of hydrogen-bond acceptors (Lipinski definition) is 6. The highest BCUT2D eigenvalue weighted by Gasteiger charge is 2.29. The van der Waals surface area contributed by atoms with Gasteiger partial charge in [-0.25, -0.2) is 0 Å². The van der Waals surface area contributed by atoms with Crippen molar-refractivity contribution >= 4 is 56.8 Å². The van der Waals surface area contributed by atoms with Crippen LogP contribution in [0.4, 0.5) is 22.7 Å². The quantitative estimate of drug-likeness (QED) is 0.290. The van der Waals surface area contributed by atoms with Gasteiger partial charge >= 0.3 is 0 Å². The van der Waals surface area contributed by atoms with E-state index in [0.29, 0.717) is 22.6 Å². The highest BCUT2D eigenvalue weighted by Crippen LogP contribution is 2.31. The summed E-state index contributed by atoms with van der Waals surface area (Å²) in [6.07, 6.45) is 3.41. The van der Waals surface area contributed by atoms with Crippen LogP contribution >= 0.6 is 0 Å². The van der Waals surface area contributed by atoms with Gasteiger partial charge in [0.25, 0.3) is 11.8 Å². The Bertz CT molecular complexity index is 1630. The third-order valence-corrected chi connectivity index (χ3v) is 6.79. The second-order valence-electron chi connectivity index (χ2n) is 9.39. The van der Waals surface area contributed by atoms with Crippen LogP contribution in [-0.2, 0) is 9.59 Å². The highest BCUT2D eigenvalue weighted by molar-refractivity contribution is 6.30. The predicted octanol–water partition coefficient (Wildman–Crippen LogP) is 6.28. The molecule has 0 saturated carbocycles. The molecule has 4 aromatic rings. The fourth-order valence-corrected chi connectivity index (χ4v) is 4.72. The topological polar surface area (TPSA) is 89.4 Å². The Morgan fingerprint density at radius 3 is 1.35 bits per heavy atom. The second kappa shape index (κ2) is 10.3. The average molecular weight is 527 g/mol. The van der Waals surface area contributed by atoms with E-state index in [1.807, 2.05) is 111 Å². The monoisotopic (exact) mass is 526 g/mol. The second-order valence-corrected chi connectivity index (χ2v) is 9.39. The molecule has 0 aromatic heterocycles.